The summed E-state index contributed by atoms with van der Waals surface area (Å²) in [5.41, 5.74) is 2.16. The number of rotatable bonds is 3. The number of pyridine rings is 1. The Morgan fingerprint density at radius 3 is 2.94 bits per heavy atom. The highest BCUT2D eigenvalue weighted by Crippen LogP contribution is 2.25. The Kier molecular flexibility index (Phi) is 3.10. The van der Waals surface area contributed by atoms with Gasteiger partial charge in [-0.3, -0.25) is 4.98 Å². The van der Waals surface area contributed by atoms with Gasteiger partial charge in [0.15, 0.2) is 4.77 Å². The number of hydrogen-bond acceptors (Lipinski definition) is 2. The molecule has 0 aliphatic heterocycles. The van der Waals surface area contributed by atoms with Crippen molar-refractivity contribution in [1.29, 1.82) is 0 Å². The van der Waals surface area contributed by atoms with Crippen LogP contribution in [0.2, 0.25) is 0 Å². The Morgan fingerprint density at radius 2 is 2.25 bits per heavy atom. The molecule has 16 heavy (non-hydrogen) atoms. The van der Waals surface area contributed by atoms with Gasteiger partial charge in [0.2, 0.25) is 0 Å². The van der Waals surface area contributed by atoms with E-state index in [1.165, 1.54) is 0 Å². The predicted molar refractivity (Wildman–Crippen MR) is 69.1 cm³/mol. The lowest BCUT2D eigenvalue weighted by Crippen LogP contribution is -2.13. The summed E-state index contributed by atoms with van der Waals surface area (Å²) in [6, 6.07) is 2.43. The number of nitrogens with one attached hydrogen (secondary N) is 1. The van der Waals surface area contributed by atoms with Crippen molar-refractivity contribution in [3.05, 3.63) is 23.2 Å². The maximum absolute atomic E-state index is 5.38. The zero-order valence-electron chi connectivity index (χ0n) is 9.90. The Hall–Kier alpha value is -1.16. The van der Waals surface area contributed by atoms with E-state index in [4.69, 9.17) is 12.2 Å². The average molecular weight is 235 g/mol. The van der Waals surface area contributed by atoms with Gasteiger partial charge in [-0.2, -0.15) is 0 Å². The largest absolute Gasteiger partial charge is 0.329 e. The molecule has 0 aliphatic carbocycles. The summed E-state index contributed by atoms with van der Waals surface area (Å²) < 4.78 is 2.98. The first-order valence-electron chi connectivity index (χ1n) is 5.69. The van der Waals surface area contributed by atoms with Crippen LogP contribution in [0, 0.1) is 10.7 Å². The molecule has 2 aromatic heterocycles. The van der Waals surface area contributed by atoms with Crippen LogP contribution in [0.4, 0.5) is 0 Å². The van der Waals surface area contributed by atoms with Crippen molar-refractivity contribution >= 4 is 23.3 Å². The van der Waals surface area contributed by atoms with Crippen LogP contribution in [0.15, 0.2) is 18.5 Å². The highest BCUT2D eigenvalue weighted by molar-refractivity contribution is 7.71. The van der Waals surface area contributed by atoms with E-state index < -0.39 is 0 Å². The molecule has 3 nitrogen and oxygen atoms in total. The fourth-order valence-electron chi connectivity index (χ4n) is 1.98. The predicted octanol–water partition coefficient (Wildman–Crippen LogP) is 3.70. The number of aromatic nitrogens is 3. The molecule has 2 rings (SSSR count). The molecule has 0 bridgehead atoms. The van der Waals surface area contributed by atoms with Gasteiger partial charge in [0.1, 0.15) is 0 Å². The van der Waals surface area contributed by atoms with Gasteiger partial charge in [-0.25, -0.2) is 0 Å². The van der Waals surface area contributed by atoms with Crippen molar-refractivity contribution in [2.45, 2.75) is 33.2 Å². The van der Waals surface area contributed by atoms with Crippen molar-refractivity contribution in [3.63, 3.8) is 0 Å². The van der Waals surface area contributed by atoms with Crippen LogP contribution in [0.3, 0.4) is 0 Å². The Balaban J connectivity index is 2.59. The van der Waals surface area contributed by atoms with Gasteiger partial charge in [-0.05, 0) is 31.1 Å². The number of fused-ring (bicyclic) bond motifs is 1. The molecule has 2 unspecified atom stereocenters. The van der Waals surface area contributed by atoms with E-state index in [1.807, 2.05) is 18.5 Å². The van der Waals surface area contributed by atoms with Gasteiger partial charge in [0.05, 0.1) is 17.2 Å². The monoisotopic (exact) mass is 235 g/mol. The van der Waals surface area contributed by atoms with E-state index in [0.717, 1.165) is 22.2 Å². The first-order valence-corrected chi connectivity index (χ1v) is 6.10. The number of hydrogen-bond donors (Lipinski definition) is 1. The molecule has 1 N–H and O–H groups in total. The van der Waals surface area contributed by atoms with E-state index in [0.29, 0.717) is 12.0 Å². The lowest BCUT2D eigenvalue weighted by molar-refractivity contribution is 0.374. The van der Waals surface area contributed by atoms with Crippen molar-refractivity contribution in [2.24, 2.45) is 5.92 Å². The van der Waals surface area contributed by atoms with Crippen LogP contribution in [0.1, 0.15) is 33.2 Å². The minimum atomic E-state index is 0.411. The SMILES string of the molecule is CCC(C)C(C)n1c(=S)[nH]c2cnccc21. The van der Waals surface area contributed by atoms with Crippen molar-refractivity contribution in [3.8, 4) is 0 Å². The Labute approximate surface area is 101 Å². The molecule has 2 heterocycles. The first kappa shape index (κ1) is 11.3. The van der Waals surface area contributed by atoms with Crippen molar-refractivity contribution in [2.75, 3.05) is 0 Å². The molecule has 0 spiro atoms. The van der Waals surface area contributed by atoms with Crippen molar-refractivity contribution < 1.29 is 0 Å². The van der Waals surface area contributed by atoms with Crippen LogP contribution in [0.5, 0.6) is 0 Å². The van der Waals surface area contributed by atoms with Gasteiger partial charge in [0, 0.05) is 12.2 Å². The number of aromatic amines is 1. The second-order valence-electron chi connectivity index (χ2n) is 4.32. The topological polar surface area (TPSA) is 33.6 Å². The molecule has 0 aliphatic rings. The molecule has 4 heteroatoms. The first-order chi connectivity index (χ1) is 7.65. The third-order valence-electron chi connectivity index (χ3n) is 3.39. The Bertz CT molecular complexity index is 540. The van der Waals surface area contributed by atoms with Crippen molar-refractivity contribution in [1.82, 2.24) is 14.5 Å². The highest BCUT2D eigenvalue weighted by atomic mass is 32.1. The van der Waals surface area contributed by atoms with Crippen LogP contribution in [-0.4, -0.2) is 14.5 Å². The van der Waals surface area contributed by atoms with Gasteiger partial charge >= 0.3 is 0 Å². The molecule has 0 saturated heterocycles. The van der Waals surface area contributed by atoms with Crippen LogP contribution in [-0.2, 0) is 0 Å². The number of imidazole rings is 1. The summed E-state index contributed by atoms with van der Waals surface area (Å²) >= 11 is 5.38. The molecule has 0 fully saturated rings. The summed E-state index contributed by atoms with van der Waals surface area (Å²) in [5.74, 6) is 0.610. The molecule has 0 radical (unpaired) electrons. The standard InChI is InChI=1S/C12H17N3S/c1-4-8(2)9(3)15-11-5-6-13-7-10(11)14-12(15)16/h5-9H,4H2,1-3H3,(H,14,16). The van der Waals surface area contributed by atoms with E-state index in [-0.39, 0.29) is 0 Å². The Morgan fingerprint density at radius 1 is 1.50 bits per heavy atom. The van der Waals surface area contributed by atoms with E-state index >= 15 is 0 Å². The molecule has 0 amide bonds. The maximum atomic E-state index is 5.38. The highest BCUT2D eigenvalue weighted by Gasteiger charge is 2.15. The number of nitrogens with zero attached hydrogens (tertiary/aromatic N) is 2. The molecule has 86 valence electrons. The average Bonchev–Trinajstić information content (AvgIpc) is 2.63. The second kappa shape index (κ2) is 4.37. The minimum Gasteiger partial charge on any atom is -0.329 e. The summed E-state index contributed by atoms with van der Waals surface area (Å²) in [7, 11) is 0. The molecular weight excluding hydrogens is 218 g/mol. The van der Waals surface area contributed by atoms with Crippen LogP contribution >= 0.6 is 12.2 Å². The van der Waals surface area contributed by atoms with Crippen LogP contribution < -0.4 is 0 Å². The van der Waals surface area contributed by atoms with Gasteiger partial charge in [0.25, 0.3) is 0 Å². The molecule has 2 aromatic rings. The zero-order chi connectivity index (χ0) is 11.7. The lowest BCUT2D eigenvalue weighted by atomic mass is 10.0. The van der Waals surface area contributed by atoms with Crippen LogP contribution in [0.25, 0.3) is 11.0 Å². The summed E-state index contributed by atoms with van der Waals surface area (Å²) in [6.45, 7) is 6.69. The molecule has 0 saturated carbocycles. The second-order valence-corrected chi connectivity index (χ2v) is 4.71. The quantitative estimate of drug-likeness (QED) is 0.823. The van der Waals surface area contributed by atoms with E-state index in [2.05, 4.69) is 35.3 Å². The minimum absolute atomic E-state index is 0.411. The lowest BCUT2D eigenvalue weighted by Gasteiger charge is -2.20. The van der Waals surface area contributed by atoms with E-state index in [9.17, 15) is 0 Å². The normalized spacial score (nSPS) is 15.2. The zero-order valence-corrected chi connectivity index (χ0v) is 10.7. The molecular formula is C12H17N3S. The van der Waals surface area contributed by atoms with Gasteiger partial charge < -0.3 is 9.55 Å². The summed E-state index contributed by atoms with van der Waals surface area (Å²) in [5, 5.41) is 0. The maximum Gasteiger partial charge on any atom is 0.178 e. The molecule has 2 atom stereocenters. The van der Waals surface area contributed by atoms with E-state index in [1.54, 1.807) is 0 Å². The van der Waals surface area contributed by atoms with Gasteiger partial charge in [-0.15, -0.1) is 0 Å². The third kappa shape index (κ3) is 1.78. The summed E-state index contributed by atoms with van der Waals surface area (Å²) in [4.78, 5) is 7.30. The smallest absolute Gasteiger partial charge is 0.178 e. The fourth-order valence-corrected chi connectivity index (χ4v) is 2.35. The third-order valence-corrected chi connectivity index (χ3v) is 3.69. The molecule has 0 aromatic carbocycles. The van der Waals surface area contributed by atoms with Gasteiger partial charge in [-0.1, -0.05) is 20.3 Å². The number of H-pyrrole nitrogens is 1. The fraction of sp³-hybridized carbons (Fsp3) is 0.500. The summed E-state index contributed by atoms with van der Waals surface area (Å²) in [6.07, 6.45) is 4.79.